The fraction of sp³-hybridized carbons (Fsp3) is 0. The summed E-state index contributed by atoms with van der Waals surface area (Å²) < 4.78 is 101. The van der Waals surface area contributed by atoms with Gasteiger partial charge in [0.15, 0.2) is 0 Å². The zero-order valence-electron chi connectivity index (χ0n) is 30.8. The number of nitrogens with one attached hydrogen (secondary N) is 4. The Kier molecular flexibility index (Phi) is 9.31. The zero-order valence-corrected chi connectivity index (χ0v) is 33.3. The highest BCUT2D eigenvalue weighted by atomic mass is 32.2. The molecule has 8 bridgehead atoms. The van der Waals surface area contributed by atoms with Gasteiger partial charge in [0.1, 0.15) is 0 Å². The molecule has 300 valence electrons. The monoisotopic (exact) mass is 857 g/mol. The van der Waals surface area contributed by atoms with Gasteiger partial charge in [-0.25, -0.2) is 0 Å². The Labute approximate surface area is 341 Å². The Morgan fingerprint density at radius 2 is 0.567 bits per heavy atom. The van der Waals surface area contributed by atoms with Crippen molar-refractivity contribution in [2.24, 2.45) is 0 Å². The molecule has 0 saturated heterocycles. The Hall–Kier alpha value is -6.86. The molecule has 0 atom stereocenters. The lowest BCUT2D eigenvalue weighted by Gasteiger charge is -2.10. The van der Waals surface area contributed by atoms with E-state index in [9.17, 15) is 38.9 Å². The topological polar surface area (TPSA) is 239 Å². The second-order valence-electron chi connectivity index (χ2n) is 13.9. The number of rotatable bonds is 7. The summed E-state index contributed by atoms with van der Waals surface area (Å²) in [5, 5.41) is 2.57. The maximum Gasteiger partial charge on any atom is 0.294 e. The molecule has 60 heavy (non-hydrogen) atoms. The van der Waals surface area contributed by atoms with E-state index >= 15 is 0 Å². The molecule has 0 amide bonds. The highest BCUT2D eigenvalue weighted by Crippen LogP contribution is 2.29. The largest absolute Gasteiger partial charge is 0.354 e. The molecule has 0 unspecified atom stereocenters. The van der Waals surface area contributed by atoms with Gasteiger partial charge in [-0.2, -0.15) is 25.3 Å². The van der Waals surface area contributed by atoms with Gasteiger partial charge in [0.2, 0.25) is 0 Å². The van der Waals surface area contributed by atoms with E-state index in [1.165, 1.54) is 36.4 Å². The van der Waals surface area contributed by atoms with Crippen molar-refractivity contribution in [1.29, 1.82) is 0 Å². The van der Waals surface area contributed by atoms with Crippen LogP contribution in [-0.2, 0) is 30.4 Å². The standard InChI is InChI=1S/C43H31N5O9S3/c49-58(50,51)29-7-1-25(2-8-29)40-32-13-15-34(45-32)41(26-3-9-30(10-4-26)59(52,53)54)36-17-19-38(47-36)43(28-21-23-44-24-22-28)39-20-18-37(48-39)42(35-16-14-33(40)46-35)27-5-11-31(12-6-27)60(55,56)57/h1-24,45-48H,(H,49,50,51)(H,52,53,54)(H,55,56,57). The van der Waals surface area contributed by atoms with Crippen molar-refractivity contribution in [2.45, 2.75) is 14.7 Å². The maximum atomic E-state index is 12.0. The van der Waals surface area contributed by atoms with Crippen LogP contribution >= 0.6 is 0 Å². The number of H-pyrrole nitrogens is 4. The van der Waals surface area contributed by atoms with E-state index in [0.717, 1.165) is 11.1 Å². The first-order valence-corrected chi connectivity index (χ1v) is 22.3. The lowest BCUT2D eigenvalue weighted by Crippen LogP contribution is -2.19. The summed E-state index contributed by atoms with van der Waals surface area (Å²) in [7, 11) is -13.4. The molecule has 17 heteroatoms. The average Bonchev–Trinajstić information content (AvgIpc) is 4.06. The molecule has 0 radical (unpaired) electrons. The third-order valence-electron chi connectivity index (χ3n) is 10.2. The zero-order chi connectivity index (χ0) is 42.0. The van der Waals surface area contributed by atoms with Gasteiger partial charge < -0.3 is 19.9 Å². The van der Waals surface area contributed by atoms with Crippen LogP contribution < -0.4 is 21.4 Å². The summed E-state index contributed by atoms with van der Waals surface area (Å²) in [6, 6.07) is 36.2. The predicted molar refractivity (Wildman–Crippen MR) is 221 cm³/mol. The van der Waals surface area contributed by atoms with Crippen molar-refractivity contribution in [2.75, 3.05) is 0 Å². The van der Waals surface area contributed by atoms with Crippen molar-refractivity contribution >= 4 is 52.6 Å². The van der Waals surface area contributed by atoms with E-state index in [4.69, 9.17) is 0 Å². The number of aromatic nitrogens is 5. The number of pyridine rings is 1. The van der Waals surface area contributed by atoms with Crippen LogP contribution in [0.15, 0.2) is 161 Å². The van der Waals surface area contributed by atoms with E-state index in [2.05, 4.69) is 24.9 Å². The second kappa shape index (κ2) is 14.5. The minimum atomic E-state index is -4.50. The van der Waals surface area contributed by atoms with Gasteiger partial charge in [0.05, 0.1) is 14.7 Å². The molecule has 0 fully saturated rings. The van der Waals surface area contributed by atoms with Crippen molar-refractivity contribution in [3.8, 4) is 0 Å². The number of fused-ring (bicyclic) bond motifs is 8. The smallest absolute Gasteiger partial charge is 0.294 e. The van der Waals surface area contributed by atoms with Crippen LogP contribution in [0, 0.1) is 0 Å². The van der Waals surface area contributed by atoms with Gasteiger partial charge in [-0.1, -0.05) is 36.4 Å². The number of hydrogen-bond donors (Lipinski definition) is 7. The molecule has 0 saturated carbocycles. The number of benzene rings is 3. The van der Waals surface area contributed by atoms with Gasteiger partial charge in [0.25, 0.3) is 30.4 Å². The lowest BCUT2D eigenvalue weighted by atomic mass is 10.0. The van der Waals surface area contributed by atoms with E-state index in [1.54, 1.807) is 48.8 Å². The predicted octanol–water partition coefficient (Wildman–Crippen LogP) is 3.44. The summed E-state index contributed by atoms with van der Waals surface area (Å²) in [6.45, 7) is 0. The van der Waals surface area contributed by atoms with Crippen LogP contribution in [0.25, 0.3) is 22.3 Å². The molecule has 6 heterocycles. The average molecular weight is 858 g/mol. The third-order valence-corrected chi connectivity index (χ3v) is 12.8. The molecule has 3 aromatic carbocycles. The van der Waals surface area contributed by atoms with Crippen LogP contribution in [-0.4, -0.2) is 63.8 Å². The van der Waals surface area contributed by atoms with E-state index < -0.39 is 30.4 Å². The van der Waals surface area contributed by atoms with Crippen molar-refractivity contribution in [3.63, 3.8) is 0 Å². The van der Waals surface area contributed by atoms with Crippen molar-refractivity contribution < 1.29 is 38.9 Å². The molecule has 7 N–H and O–H groups in total. The molecular formula is C43H31N5O9S3. The summed E-state index contributed by atoms with van der Waals surface area (Å²) in [5.41, 5.74) is 7.88. The first kappa shape index (κ1) is 38.6. The molecule has 0 spiro atoms. The van der Waals surface area contributed by atoms with Crippen LogP contribution in [0.4, 0.5) is 0 Å². The molecular weight excluding hydrogens is 827 g/mol. The quantitative estimate of drug-likeness (QED) is 0.115. The van der Waals surface area contributed by atoms with E-state index in [-0.39, 0.29) is 14.7 Å². The summed E-state index contributed by atoms with van der Waals surface area (Å²) >= 11 is 0. The normalized spacial score (nSPS) is 13.5. The molecule has 14 nitrogen and oxygen atoms in total. The first-order valence-electron chi connectivity index (χ1n) is 18.0. The molecule has 1 aliphatic heterocycles. The molecule has 9 rings (SSSR count). The highest BCUT2D eigenvalue weighted by molar-refractivity contribution is 7.86. The fourth-order valence-corrected chi connectivity index (χ4v) is 8.91. The van der Waals surface area contributed by atoms with Crippen LogP contribution in [0.2, 0.25) is 0 Å². The van der Waals surface area contributed by atoms with Crippen LogP contribution in [0.3, 0.4) is 0 Å². The van der Waals surface area contributed by atoms with Gasteiger partial charge in [-0.05, 0) is 119 Å². The number of nitrogens with zero attached hydrogens (tertiary/aromatic N) is 1. The Morgan fingerprint density at radius 1 is 0.317 bits per heavy atom. The van der Waals surface area contributed by atoms with Crippen molar-refractivity contribution in [1.82, 2.24) is 24.9 Å². The molecule has 1 aliphatic rings. The fourth-order valence-electron chi connectivity index (χ4n) is 7.47. The summed E-state index contributed by atoms with van der Waals surface area (Å²) in [5.74, 6) is 0. The molecule has 8 aromatic rings. The summed E-state index contributed by atoms with van der Waals surface area (Å²) in [6.07, 6.45) is 3.37. The SMILES string of the molecule is O=S(=O)(O)c1ccc(C2=c3ccc([nH]3)=C(c3ccncc3)c3ccc([nH]3)C(c3ccc(S(=O)(=O)O)cc3)=c3ccc([nH]3)=C(c3ccc(S(=O)(=O)O)cc3)c3ccc2[nH]3)cc1. The third kappa shape index (κ3) is 7.25. The Morgan fingerprint density at radius 3 is 0.817 bits per heavy atom. The highest BCUT2D eigenvalue weighted by Gasteiger charge is 2.20. The van der Waals surface area contributed by atoms with Gasteiger partial charge in [0, 0.05) is 78.9 Å². The van der Waals surface area contributed by atoms with Crippen molar-refractivity contribution in [3.05, 3.63) is 212 Å². The first-order chi connectivity index (χ1) is 28.6. The lowest BCUT2D eigenvalue weighted by molar-refractivity contribution is 0.481. The van der Waals surface area contributed by atoms with Crippen LogP contribution in [0.5, 0.6) is 0 Å². The van der Waals surface area contributed by atoms with Gasteiger partial charge >= 0.3 is 0 Å². The molecule has 5 aromatic heterocycles. The maximum absolute atomic E-state index is 12.0. The van der Waals surface area contributed by atoms with Gasteiger partial charge in [-0.3, -0.25) is 18.6 Å². The Balaban J connectivity index is 1.40. The minimum Gasteiger partial charge on any atom is -0.354 e. The minimum absolute atomic E-state index is 0.271. The second-order valence-corrected chi connectivity index (χ2v) is 18.1. The number of aromatic amines is 4. The van der Waals surface area contributed by atoms with E-state index in [1.807, 2.05) is 60.7 Å². The summed E-state index contributed by atoms with van der Waals surface area (Å²) in [4.78, 5) is 17.6. The Bertz CT molecular complexity index is 3590. The molecule has 0 aliphatic carbocycles. The van der Waals surface area contributed by atoms with E-state index in [0.29, 0.717) is 77.6 Å². The van der Waals surface area contributed by atoms with Crippen LogP contribution in [0.1, 0.15) is 45.0 Å². The van der Waals surface area contributed by atoms with Gasteiger partial charge in [-0.15, -0.1) is 0 Å². The number of hydrogen-bond acceptors (Lipinski definition) is 7.